The lowest BCUT2D eigenvalue weighted by Crippen LogP contribution is -2.32. The first-order valence-electron chi connectivity index (χ1n) is 9.60. The number of amides is 1. The molecule has 0 spiro atoms. The van der Waals surface area contributed by atoms with Crippen molar-refractivity contribution in [3.8, 4) is 22.8 Å². The lowest BCUT2D eigenvalue weighted by Gasteiger charge is -2.22. The van der Waals surface area contributed by atoms with Crippen LogP contribution in [0.25, 0.3) is 11.3 Å². The number of carbonyl (C=O) groups is 1. The zero-order valence-corrected chi connectivity index (χ0v) is 15.7. The van der Waals surface area contributed by atoms with Gasteiger partial charge in [0, 0.05) is 18.3 Å². The molecule has 3 aromatic rings. The molecule has 4 rings (SSSR count). The summed E-state index contributed by atoms with van der Waals surface area (Å²) in [5.41, 5.74) is 7.50. The fourth-order valence-electron chi connectivity index (χ4n) is 3.56. The van der Waals surface area contributed by atoms with Crippen LogP contribution in [0.1, 0.15) is 23.2 Å². The van der Waals surface area contributed by atoms with Crippen LogP contribution in [0, 0.1) is 5.92 Å². The van der Waals surface area contributed by atoms with Crippen molar-refractivity contribution in [2.45, 2.75) is 19.4 Å². The van der Waals surface area contributed by atoms with E-state index in [1.165, 1.54) is 12.8 Å². The van der Waals surface area contributed by atoms with Crippen molar-refractivity contribution in [3.63, 3.8) is 0 Å². The van der Waals surface area contributed by atoms with Crippen LogP contribution in [0.15, 0.2) is 60.8 Å². The summed E-state index contributed by atoms with van der Waals surface area (Å²) in [6, 6.07) is 17.2. The third kappa shape index (κ3) is 4.23. The SMILES string of the molecule is NC(=O)c1cn(CC2CCCNC2)nc1-c1ccc(Oc2ccccc2)cc1. The fraction of sp³-hybridized carbons (Fsp3) is 0.273. The second-order valence-electron chi connectivity index (χ2n) is 7.13. The van der Waals surface area contributed by atoms with Crippen molar-refractivity contribution < 1.29 is 9.53 Å². The van der Waals surface area contributed by atoms with Crippen LogP contribution in [0.3, 0.4) is 0 Å². The highest BCUT2D eigenvalue weighted by Crippen LogP contribution is 2.27. The molecule has 1 unspecified atom stereocenters. The highest BCUT2D eigenvalue weighted by molar-refractivity contribution is 5.98. The Balaban J connectivity index is 1.54. The van der Waals surface area contributed by atoms with E-state index in [4.69, 9.17) is 10.5 Å². The zero-order valence-electron chi connectivity index (χ0n) is 15.7. The normalized spacial score (nSPS) is 16.6. The van der Waals surface area contributed by atoms with Gasteiger partial charge in [-0.1, -0.05) is 18.2 Å². The minimum Gasteiger partial charge on any atom is -0.457 e. The first kappa shape index (κ1) is 18.3. The molecule has 2 heterocycles. The molecule has 144 valence electrons. The van der Waals surface area contributed by atoms with Crippen molar-refractivity contribution >= 4 is 5.91 Å². The summed E-state index contributed by atoms with van der Waals surface area (Å²) in [7, 11) is 0. The maximum absolute atomic E-state index is 11.9. The second-order valence-corrected chi connectivity index (χ2v) is 7.13. The third-order valence-corrected chi connectivity index (χ3v) is 4.98. The van der Waals surface area contributed by atoms with Gasteiger partial charge in [0.05, 0.1) is 5.56 Å². The number of hydrogen-bond donors (Lipinski definition) is 2. The van der Waals surface area contributed by atoms with Crippen LogP contribution < -0.4 is 15.8 Å². The van der Waals surface area contributed by atoms with Crippen LogP contribution in [0.2, 0.25) is 0 Å². The molecule has 1 aliphatic rings. The average molecular weight is 376 g/mol. The fourth-order valence-corrected chi connectivity index (χ4v) is 3.56. The first-order valence-corrected chi connectivity index (χ1v) is 9.60. The molecule has 0 aliphatic carbocycles. The van der Waals surface area contributed by atoms with E-state index in [0.29, 0.717) is 17.2 Å². The zero-order chi connectivity index (χ0) is 19.3. The summed E-state index contributed by atoms with van der Waals surface area (Å²) >= 11 is 0. The van der Waals surface area contributed by atoms with Crippen molar-refractivity contribution in [1.82, 2.24) is 15.1 Å². The summed E-state index contributed by atoms with van der Waals surface area (Å²) < 4.78 is 7.68. The Morgan fingerprint density at radius 3 is 2.57 bits per heavy atom. The van der Waals surface area contributed by atoms with E-state index in [1.807, 2.05) is 59.3 Å². The van der Waals surface area contributed by atoms with E-state index in [0.717, 1.165) is 36.7 Å². The molecule has 0 bridgehead atoms. The number of ether oxygens (including phenoxy) is 1. The van der Waals surface area contributed by atoms with Crippen molar-refractivity contribution in [2.24, 2.45) is 11.7 Å². The highest BCUT2D eigenvalue weighted by atomic mass is 16.5. The van der Waals surface area contributed by atoms with Gasteiger partial charge in [0.25, 0.3) is 5.91 Å². The van der Waals surface area contributed by atoms with Gasteiger partial charge < -0.3 is 15.8 Å². The van der Waals surface area contributed by atoms with Gasteiger partial charge in [-0.2, -0.15) is 5.10 Å². The molecule has 1 aromatic heterocycles. The largest absolute Gasteiger partial charge is 0.457 e. The van der Waals surface area contributed by atoms with Crippen LogP contribution >= 0.6 is 0 Å². The number of nitrogens with zero attached hydrogens (tertiary/aromatic N) is 2. The Bertz CT molecular complexity index is 929. The number of primary amides is 1. The number of nitrogens with two attached hydrogens (primary N) is 1. The number of aromatic nitrogens is 2. The number of hydrogen-bond acceptors (Lipinski definition) is 4. The number of rotatable bonds is 6. The number of nitrogens with one attached hydrogen (secondary N) is 1. The summed E-state index contributed by atoms with van der Waals surface area (Å²) in [6.07, 6.45) is 4.10. The number of piperidine rings is 1. The topological polar surface area (TPSA) is 82.2 Å². The van der Waals surface area contributed by atoms with Crippen LogP contribution in [-0.2, 0) is 6.54 Å². The van der Waals surface area contributed by atoms with Crippen molar-refractivity contribution in [2.75, 3.05) is 13.1 Å². The Hall–Kier alpha value is -3.12. The molecule has 1 amide bonds. The quantitative estimate of drug-likeness (QED) is 0.690. The van der Waals surface area contributed by atoms with E-state index in [2.05, 4.69) is 10.4 Å². The molecule has 3 N–H and O–H groups in total. The Morgan fingerprint density at radius 2 is 1.89 bits per heavy atom. The third-order valence-electron chi connectivity index (χ3n) is 4.98. The van der Waals surface area contributed by atoms with Gasteiger partial charge in [-0.15, -0.1) is 0 Å². The van der Waals surface area contributed by atoms with Gasteiger partial charge in [-0.05, 0) is 68.2 Å². The lowest BCUT2D eigenvalue weighted by molar-refractivity contribution is 0.100. The van der Waals surface area contributed by atoms with E-state index in [-0.39, 0.29) is 0 Å². The van der Waals surface area contributed by atoms with Gasteiger partial charge in [0.1, 0.15) is 17.2 Å². The Kier molecular flexibility index (Phi) is 5.39. The number of benzene rings is 2. The van der Waals surface area contributed by atoms with Crippen LogP contribution in [0.4, 0.5) is 0 Å². The van der Waals surface area contributed by atoms with Crippen molar-refractivity contribution in [3.05, 3.63) is 66.4 Å². The van der Waals surface area contributed by atoms with Gasteiger partial charge in [-0.3, -0.25) is 9.48 Å². The predicted molar refractivity (Wildman–Crippen MR) is 108 cm³/mol. The Labute approximate surface area is 164 Å². The molecule has 1 atom stereocenters. The minimum absolute atomic E-state index is 0.445. The van der Waals surface area contributed by atoms with Crippen LogP contribution in [-0.4, -0.2) is 28.8 Å². The number of carbonyl (C=O) groups excluding carboxylic acids is 1. The molecular weight excluding hydrogens is 352 g/mol. The molecule has 6 heteroatoms. The minimum atomic E-state index is -0.465. The van der Waals surface area contributed by atoms with E-state index >= 15 is 0 Å². The van der Waals surface area contributed by atoms with Crippen molar-refractivity contribution in [1.29, 1.82) is 0 Å². The summed E-state index contributed by atoms with van der Waals surface area (Å²) in [5.74, 6) is 1.55. The molecule has 1 aliphatic heterocycles. The molecule has 1 saturated heterocycles. The van der Waals surface area contributed by atoms with Crippen LogP contribution in [0.5, 0.6) is 11.5 Å². The standard InChI is InChI=1S/C22H24N4O2/c23-22(27)20-15-26(14-16-5-4-12-24-13-16)25-21(20)17-8-10-19(11-9-17)28-18-6-2-1-3-7-18/h1-3,6-11,15-16,24H,4-5,12-14H2,(H2,23,27). The van der Waals surface area contributed by atoms with Gasteiger partial charge in [0.2, 0.25) is 0 Å². The molecule has 0 saturated carbocycles. The highest BCUT2D eigenvalue weighted by Gasteiger charge is 2.19. The number of para-hydroxylation sites is 1. The molecule has 6 nitrogen and oxygen atoms in total. The first-order chi connectivity index (χ1) is 13.7. The predicted octanol–water partition coefficient (Wildman–Crippen LogP) is 3.44. The smallest absolute Gasteiger partial charge is 0.252 e. The maximum atomic E-state index is 11.9. The molecule has 1 fully saturated rings. The second kappa shape index (κ2) is 8.27. The molecule has 2 aromatic carbocycles. The van der Waals surface area contributed by atoms with Gasteiger partial charge in [-0.25, -0.2) is 0 Å². The lowest BCUT2D eigenvalue weighted by atomic mass is 10.00. The van der Waals surface area contributed by atoms with E-state index in [9.17, 15) is 4.79 Å². The molecule has 0 radical (unpaired) electrons. The van der Waals surface area contributed by atoms with E-state index in [1.54, 1.807) is 6.20 Å². The van der Waals surface area contributed by atoms with E-state index < -0.39 is 5.91 Å². The molecular formula is C22H24N4O2. The van der Waals surface area contributed by atoms with Gasteiger partial charge in [0.15, 0.2) is 0 Å². The van der Waals surface area contributed by atoms with Gasteiger partial charge >= 0.3 is 0 Å². The summed E-state index contributed by atoms with van der Waals surface area (Å²) in [4.78, 5) is 11.9. The summed E-state index contributed by atoms with van der Waals surface area (Å²) in [5, 5.41) is 8.07. The molecule has 28 heavy (non-hydrogen) atoms. The Morgan fingerprint density at radius 1 is 1.14 bits per heavy atom. The average Bonchev–Trinajstić information content (AvgIpc) is 3.14. The summed E-state index contributed by atoms with van der Waals surface area (Å²) in [6.45, 7) is 2.83. The monoisotopic (exact) mass is 376 g/mol. The maximum Gasteiger partial charge on any atom is 0.252 e.